The second kappa shape index (κ2) is 17.2. The van der Waals surface area contributed by atoms with Crippen LogP contribution < -0.4 is 15.8 Å². The average Bonchev–Trinajstić information content (AvgIpc) is 3.92. The molecule has 0 amide bonds. The Labute approximate surface area is 326 Å². The van der Waals surface area contributed by atoms with Crippen LogP contribution in [0.25, 0.3) is 43.7 Å². The molecule has 55 heavy (non-hydrogen) atoms. The number of nitrogens with one attached hydrogen (secondary N) is 3. The Morgan fingerprint density at radius 2 is 1.67 bits per heavy atom. The van der Waals surface area contributed by atoms with E-state index in [4.69, 9.17) is 9.97 Å². The predicted molar refractivity (Wildman–Crippen MR) is 226 cm³/mol. The molecule has 0 fully saturated rings. The molecule has 0 aliphatic rings. The van der Waals surface area contributed by atoms with Gasteiger partial charge in [-0.1, -0.05) is 50.2 Å². The highest BCUT2D eigenvalue weighted by Crippen LogP contribution is 2.37. The highest BCUT2D eigenvalue weighted by atomic mass is 32.2. The fraction of sp³-hybridized carbons (Fsp3) is 0.214. The molecule has 7 aromatic rings. The number of H-pyrrole nitrogens is 2. The van der Waals surface area contributed by atoms with Crippen LogP contribution in [-0.4, -0.2) is 73.0 Å². The van der Waals surface area contributed by atoms with Crippen LogP contribution in [-0.2, 0) is 10.6 Å². The SMILES string of the molecule is CCN(CC)CC/N=[SH](=O)/c1ccc(N(c2ccc(-c3c[nH]c(=O)c(-c4cc5ccccc5[nH]4)c3)cc2)c2ncc(-c3cccs3)c(N[C@H](C)CO)n2)cc1. The number of fused-ring (bicyclic) bond motifs is 1. The number of benzene rings is 3. The number of aliphatic hydroxyl groups excluding tert-OH is 1. The summed E-state index contributed by atoms with van der Waals surface area (Å²) in [5, 5.41) is 16.3. The highest BCUT2D eigenvalue weighted by Gasteiger charge is 2.20. The minimum absolute atomic E-state index is 0.0687. The Morgan fingerprint density at radius 3 is 2.36 bits per heavy atom. The number of pyridine rings is 1. The molecular formula is C42H44N8O3S2. The molecule has 7 rings (SSSR count). The van der Waals surface area contributed by atoms with E-state index in [1.807, 2.05) is 114 Å². The van der Waals surface area contributed by atoms with E-state index in [-0.39, 0.29) is 18.2 Å². The van der Waals surface area contributed by atoms with E-state index < -0.39 is 10.6 Å². The summed E-state index contributed by atoms with van der Waals surface area (Å²) in [6.45, 7) is 9.17. The standard InChI is InChI=1S/C42H44N8O3S2/c1-4-49(5-2)21-20-45-55(53)34-18-16-33(17-19-34)50(42-44-26-36(39-11-8-22-54-39)40(48-42)46-28(3)27-51)32-14-12-29(13-15-32)31-23-35(41(52)43-25-31)38-24-30-9-6-7-10-37(30)47-38/h6-19,22-26,28,47,51,55H,4-5,20-21,27H2,1-3H3,(H,43,52)(H,44,46,48)/t28-/m1/s1. The fourth-order valence-electron chi connectivity index (χ4n) is 6.36. The lowest BCUT2D eigenvalue weighted by atomic mass is 10.0. The van der Waals surface area contributed by atoms with Gasteiger partial charge >= 0.3 is 0 Å². The number of para-hydroxylation sites is 1. The summed E-state index contributed by atoms with van der Waals surface area (Å²) < 4.78 is 17.6. The van der Waals surface area contributed by atoms with Crippen molar-refractivity contribution in [1.82, 2.24) is 24.8 Å². The van der Waals surface area contributed by atoms with Crippen LogP contribution in [0.1, 0.15) is 20.8 Å². The Morgan fingerprint density at radius 1 is 0.927 bits per heavy atom. The van der Waals surface area contributed by atoms with Gasteiger partial charge in [-0.15, -0.1) is 11.3 Å². The van der Waals surface area contributed by atoms with E-state index in [2.05, 4.69) is 38.4 Å². The molecule has 1 unspecified atom stereocenters. The van der Waals surface area contributed by atoms with Crippen molar-refractivity contribution in [3.63, 3.8) is 0 Å². The summed E-state index contributed by atoms with van der Waals surface area (Å²) >= 11 is 1.59. The zero-order valence-electron chi connectivity index (χ0n) is 30.9. The Hall–Kier alpha value is -5.60. The van der Waals surface area contributed by atoms with Gasteiger partial charge in [-0.05, 0) is 97.2 Å². The van der Waals surface area contributed by atoms with E-state index in [9.17, 15) is 14.1 Å². The molecule has 11 nitrogen and oxygen atoms in total. The number of aromatic amines is 2. The summed E-state index contributed by atoms with van der Waals surface area (Å²) in [4.78, 5) is 35.0. The molecule has 4 aromatic heterocycles. The lowest BCUT2D eigenvalue weighted by molar-refractivity contribution is 0.281. The molecular weight excluding hydrogens is 729 g/mol. The zero-order chi connectivity index (χ0) is 38.3. The molecule has 4 N–H and O–H groups in total. The summed E-state index contributed by atoms with van der Waals surface area (Å²) in [5.74, 6) is 1.01. The first kappa shape index (κ1) is 37.7. The maximum Gasteiger partial charge on any atom is 0.257 e. The number of aromatic nitrogens is 4. The van der Waals surface area contributed by atoms with Crippen molar-refractivity contribution in [2.75, 3.05) is 43.0 Å². The van der Waals surface area contributed by atoms with E-state index in [1.54, 1.807) is 23.7 Å². The number of hydrogen-bond acceptors (Lipinski definition) is 10. The van der Waals surface area contributed by atoms with Crippen molar-refractivity contribution in [1.29, 1.82) is 0 Å². The first-order valence-electron chi connectivity index (χ1n) is 18.3. The van der Waals surface area contributed by atoms with E-state index >= 15 is 0 Å². The Kier molecular flexibility index (Phi) is 11.8. The summed E-state index contributed by atoms with van der Waals surface area (Å²) in [6.07, 6.45) is 3.52. The summed E-state index contributed by atoms with van der Waals surface area (Å²) in [7, 11) is -1.92. The Balaban J connectivity index is 1.25. The summed E-state index contributed by atoms with van der Waals surface area (Å²) in [6, 6.07) is 31.0. The molecule has 0 saturated carbocycles. The van der Waals surface area contributed by atoms with Crippen LogP contribution >= 0.6 is 11.3 Å². The lowest BCUT2D eigenvalue weighted by Gasteiger charge is -2.25. The van der Waals surface area contributed by atoms with Crippen molar-refractivity contribution in [3.05, 3.63) is 125 Å². The monoisotopic (exact) mass is 772 g/mol. The first-order chi connectivity index (χ1) is 26.8. The molecule has 0 spiro atoms. The topological polar surface area (TPSA) is 143 Å². The zero-order valence-corrected chi connectivity index (χ0v) is 32.6. The van der Waals surface area contributed by atoms with E-state index in [0.29, 0.717) is 28.8 Å². The van der Waals surface area contributed by atoms with Crippen LogP contribution in [0.2, 0.25) is 0 Å². The van der Waals surface area contributed by atoms with Gasteiger partial charge in [0.05, 0.1) is 40.6 Å². The van der Waals surface area contributed by atoms with Crippen molar-refractivity contribution in [3.8, 4) is 32.8 Å². The van der Waals surface area contributed by atoms with Crippen LogP contribution in [0.3, 0.4) is 0 Å². The Bertz CT molecular complexity index is 2470. The molecule has 0 aliphatic heterocycles. The third kappa shape index (κ3) is 8.55. The highest BCUT2D eigenvalue weighted by molar-refractivity contribution is 7.75. The van der Waals surface area contributed by atoms with Gasteiger partial charge in [0, 0.05) is 57.0 Å². The van der Waals surface area contributed by atoms with Gasteiger partial charge in [0.1, 0.15) is 5.82 Å². The first-order valence-corrected chi connectivity index (χ1v) is 20.4. The normalized spacial score (nSPS) is 12.7. The number of thiophene rings is 1. The minimum atomic E-state index is -1.92. The second-order valence-electron chi connectivity index (χ2n) is 13.1. The van der Waals surface area contributed by atoms with Gasteiger partial charge in [-0.2, -0.15) is 4.98 Å². The molecule has 13 heteroatoms. The number of nitrogens with zero attached hydrogens (tertiary/aromatic N) is 5. The van der Waals surface area contributed by atoms with Crippen molar-refractivity contribution < 1.29 is 9.32 Å². The molecule has 4 heterocycles. The predicted octanol–water partition coefficient (Wildman–Crippen LogP) is 8.34. The largest absolute Gasteiger partial charge is 0.394 e. The maximum absolute atomic E-state index is 13.2. The molecule has 0 radical (unpaired) electrons. The molecule has 0 saturated heterocycles. The van der Waals surface area contributed by atoms with Crippen molar-refractivity contribution in [2.45, 2.75) is 31.7 Å². The van der Waals surface area contributed by atoms with Crippen LogP contribution in [0.15, 0.2) is 129 Å². The van der Waals surface area contributed by atoms with Gasteiger partial charge in [0.2, 0.25) is 5.95 Å². The molecule has 0 bridgehead atoms. The molecule has 2 atom stereocenters. The quantitative estimate of drug-likeness (QED) is 0.0655. The number of hydrogen-bond donors (Lipinski definition) is 5. The van der Waals surface area contributed by atoms with Crippen molar-refractivity contribution >= 4 is 56.0 Å². The van der Waals surface area contributed by atoms with Gasteiger partial charge in [-0.25, -0.2) is 13.6 Å². The van der Waals surface area contributed by atoms with Crippen LogP contribution in [0.4, 0.5) is 23.1 Å². The minimum Gasteiger partial charge on any atom is -0.394 e. The number of rotatable bonds is 15. The third-order valence-corrected chi connectivity index (χ3v) is 11.6. The summed E-state index contributed by atoms with van der Waals surface area (Å²) in [5.41, 5.74) is 6.22. The van der Waals surface area contributed by atoms with Gasteiger partial charge in [0.15, 0.2) is 0 Å². The van der Waals surface area contributed by atoms with E-state index in [1.165, 1.54) is 0 Å². The molecule has 0 aliphatic carbocycles. The van der Waals surface area contributed by atoms with Gasteiger partial charge < -0.3 is 25.3 Å². The van der Waals surface area contributed by atoms with Gasteiger partial charge in [0.25, 0.3) is 5.56 Å². The average molecular weight is 773 g/mol. The van der Waals surface area contributed by atoms with E-state index in [0.717, 1.165) is 69.2 Å². The number of thiol groups is 1. The molecule has 3 aromatic carbocycles. The number of likely N-dealkylation sites (N-methyl/N-ethyl adjacent to an activating group) is 1. The number of aliphatic hydroxyl groups is 1. The smallest absolute Gasteiger partial charge is 0.257 e. The fourth-order valence-corrected chi connectivity index (χ4v) is 7.94. The van der Waals surface area contributed by atoms with Crippen LogP contribution in [0, 0.1) is 0 Å². The van der Waals surface area contributed by atoms with Crippen LogP contribution in [0.5, 0.6) is 0 Å². The lowest BCUT2D eigenvalue weighted by Crippen LogP contribution is -2.25. The van der Waals surface area contributed by atoms with Gasteiger partial charge in [-0.3, -0.25) is 9.69 Å². The van der Waals surface area contributed by atoms with Crippen molar-refractivity contribution in [2.24, 2.45) is 4.36 Å². The maximum atomic E-state index is 13.2. The second-order valence-corrected chi connectivity index (χ2v) is 15.4. The number of anilines is 4. The molecule has 282 valence electrons. The third-order valence-electron chi connectivity index (χ3n) is 9.47.